The number of aliphatic imine (C=N–C) groups is 1. The fourth-order valence-electron chi connectivity index (χ4n) is 3.42. The number of aromatic nitrogens is 1. The highest BCUT2D eigenvalue weighted by Gasteiger charge is 2.13. The highest BCUT2D eigenvalue weighted by molar-refractivity contribution is 6.00. The number of fused-ring (bicyclic) bond motifs is 1. The molecule has 0 bridgehead atoms. The van der Waals surface area contributed by atoms with E-state index in [1.54, 1.807) is 7.11 Å². The van der Waals surface area contributed by atoms with Gasteiger partial charge >= 0.3 is 0 Å². The van der Waals surface area contributed by atoms with Crippen molar-refractivity contribution in [2.75, 3.05) is 7.11 Å². The average Bonchev–Trinajstić information content (AvgIpc) is 2.98. The van der Waals surface area contributed by atoms with Crippen molar-refractivity contribution in [3.05, 3.63) is 65.4 Å². The number of hydrogen-bond donors (Lipinski definition) is 0. The maximum absolute atomic E-state index is 5.33. The molecular weight excluding hydrogens is 320 g/mol. The van der Waals surface area contributed by atoms with Crippen LogP contribution in [-0.2, 0) is 11.5 Å². The van der Waals surface area contributed by atoms with E-state index in [0.29, 0.717) is 18.6 Å². The fourth-order valence-corrected chi connectivity index (χ4v) is 3.42. The van der Waals surface area contributed by atoms with Crippen molar-refractivity contribution < 1.29 is 4.74 Å². The molecule has 0 aliphatic carbocycles. The van der Waals surface area contributed by atoms with E-state index in [4.69, 9.17) is 9.73 Å². The zero-order valence-corrected chi connectivity index (χ0v) is 16.4. The van der Waals surface area contributed by atoms with E-state index in [1.165, 1.54) is 16.5 Å². The summed E-state index contributed by atoms with van der Waals surface area (Å²) in [7, 11) is 1.72. The van der Waals surface area contributed by atoms with Crippen LogP contribution in [0.1, 0.15) is 56.2 Å². The minimum atomic E-state index is 0.440. The first kappa shape index (κ1) is 18.4. The molecule has 1 aromatic heterocycles. The predicted octanol–water partition coefficient (Wildman–Crippen LogP) is 6.24. The first-order valence-corrected chi connectivity index (χ1v) is 9.26. The molecule has 0 atom stereocenters. The van der Waals surface area contributed by atoms with Gasteiger partial charge in [0, 0.05) is 30.5 Å². The van der Waals surface area contributed by atoms with Crippen molar-refractivity contribution in [1.29, 1.82) is 0 Å². The Morgan fingerprint density at radius 2 is 1.62 bits per heavy atom. The average molecular weight is 348 g/mol. The molecule has 26 heavy (non-hydrogen) atoms. The molecule has 136 valence electrons. The van der Waals surface area contributed by atoms with Gasteiger partial charge in [0.05, 0.1) is 11.2 Å². The second kappa shape index (κ2) is 7.88. The molecule has 0 saturated heterocycles. The van der Waals surface area contributed by atoms with E-state index in [0.717, 1.165) is 16.8 Å². The van der Waals surface area contributed by atoms with Crippen LogP contribution < -0.4 is 0 Å². The van der Waals surface area contributed by atoms with Gasteiger partial charge < -0.3 is 9.30 Å². The van der Waals surface area contributed by atoms with Gasteiger partial charge in [-0.05, 0) is 29.0 Å². The molecule has 0 spiro atoms. The summed E-state index contributed by atoms with van der Waals surface area (Å²) in [5.41, 5.74) is 5.99. The lowest BCUT2D eigenvalue weighted by Gasteiger charge is -2.16. The minimum absolute atomic E-state index is 0.440. The lowest BCUT2D eigenvalue weighted by Crippen LogP contribution is -1.97. The number of methoxy groups -OCH3 is 1. The number of nitrogens with zero attached hydrogens (tertiary/aromatic N) is 2. The Morgan fingerprint density at radius 1 is 0.962 bits per heavy atom. The molecule has 3 heteroatoms. The number of hydrogen-bond acceptors (Lipinski definition) is 2. The molecule has 0 radical (unpaired) electrons. The Balaban J connectivity index is 2.10. The summed E-state index contributed by atoms with van der Waals surface area (Å²) >= 11 is 0. The maximum Gasteiger partial charge on any atom is 0.122 e. The molecule has 0 amide bonds. The summed E-state index contributed by atoms with van der Waals surface area (Å²) in [6.45, 7) is 9.44. The Labute approximate surface area is 156 Å². The van der Waals surface area contributed by atoms with Crippen LogP contribution in [0.25, 0.3) is 10.9 Å². The molecule has 0 fully saturated rings. The Hall–Kier alpha value is -2.39. The summed E-state index contributed by atoms with van der Waals surface area (Å²) in [6, 6.07) is 14.9. The number of para-hydroxylation sites is 2. The predicted molar refractivity (Wildman–Crippen MR) is 111 cm³/mol. The van der Waals surface area contributed by atoms with Crippen molar-refractivity contribution in [2.24, 2.45) is 4.99 Å². The smallest absolute Gasteiger partial charge is 0.122 e. The largest absolute Gasteiger partial charge is 0.364 e. The van der Waals surface area contributed by atoms with E-state index in [1.807, 2.05) is 6.21 Å². The van der Waals surface area contributed by atoms with Gasteiger partial charge in [-0.2, -0.15) is 0 Å². The summed E-state index contributed by atoms with van der Waals surface area (Å²) in [5.74, 6) is 0.881. The van der Waals surface area contributed by atoms with Crippen molar-refractivity contribution >= 4 is 22.8 Å². The minimum Gasteiger partial charge on any atom is -0.364 e. The highest BCUT2D eigenvalue weighted by Crippen LogP contribution is 2.34. The molecule has 1 heterocycles. The van der Waals surface area contributed by atoms with Crippen molar-refractivity contribution in [1.82, 2.24) is 4.57 Å². The van der Waals surface area contributed by atoms with E-state index >= 15 is 0 Å². The molecular formula is C23H28N2O. The van der Waals surface area contributed by atoms with Gasteiger partial charge in [0.1, 0.15) is 6.73 Å². The first-order chi connectivity index (χ1) is 12.5. The number of benzene rings is 2. The Bertz CT molecular complexity index is 893. The first-order valence-electron chi connectivity index (χ1n) is 9.26. The molecule has 0 saturated carbocycles. The Morgan fingerprint density at radius 3 is 2.23 bits per heavy atom. The topological polar surface area (TPSA) is 26.5 Å². The van der Waals surface area contributed by atoms with Gasteiger partial charge in [-0.25, -0.2) is 0 Å². The van der Waals surface area contributed by atoms with Gasteiger partial charge in [-0.15, -0.1) is 0 Å². The summed E-state index contributed by atoms with van der Waals surface area (Å²) in [4.78, 5) is 4.96. The molecule has 3 nitrogen and oxygen atoms in total. The third-order valence-corrected chi connectivity index (χ3v) is 4.76. The summed E-state index contributed by atoms with van der Waals surface area (Å²) in [6.07, 6.45) is 4.12. The van der Waals surface area contributed by atoms with Crippen molar-refractivity contribution in [2.45, 2.75) is 46.3 Å². The molecule has 0 unspecified atom stereocenters. The van der Waals surface area contributed by atoms with Gasteiger partial charge in [0.25, 0.3) is 0 Å². The second-order valence-electron chi connectivity index (χ2n) is 7.34. The van der Waals surface area contributed by atoms with Crippen LogP contribution in [0.3, 0.4) is 0 Å². The quantitative estimate of drug-likeness (QED) is 0.484. The van der Waals surface area contributed by atoms with Crippen LogP contribution in [0.2, 0.25) is 0 Å². The monoisotopic (exact) mass is 348 g/mol. The summed E-state index contributed by atoms with van der Waals surface area (Å²) < 4.78 is 7.45. The lowest BCUT2D eigenvalue weighted by atomic mass is 9.93. The van der Waals surface area contributed by atoms with Crippen molar-refractivity contribution in [3.8, 4) is 0 Å². The van der Waals surface area contributed by atoms with Gasteiger partial charge in [-0.1, -0.05) is 64.1 Å². The molecule has 3 aromatic rings. The number of ether oxygens (including phenoxy) is 1. The summed E-state index contributed by atoms with van der Waals surface area (Å²) in [5, 5.41) is 1.20. The van der Waals surface area contributed by atoms with E-state index in [2.05, 4.69) is 80.9 Å². The molecule has 0 aliphatic heterocycles. The van der Waals surface area contributed by atoms with Crippen LogP contribution in [-0.4, -0.2) is 17.9 Å². The van der Waals surface area contributed by atoms with E-state index in [-0.39, 0.29) is 0 Å². The number of rotatable bonds is 6. The zero-order chi connectivity index (χ0) is 18.7. The van der Waals surface area contributed by atoms with Crippen LogP contribution in [0.15, 0.2) is 53.7 Å². The van der Waals surface area contributed by atoms with Gasteiger partial charge in [0.15, 0.2) is 0 Å². The molecule has 0 N–H and O–H groups in total. The van der Waals surface area contributed by atoms with Crippen LogP contribution in [0.5, 0.6) is 0 Å². The molecule has 2 aromatic carbocycles. The molecule has 0 aliphatic rings. The standard InChI is InChI=1S/C23H28N2O/c1-16(2)19-10-8-11-20(17(3)4)23(19)24-13-18-14-25(15-26-5)22-12-7-6-9-21(18)22/h6-14,16-17H,15H2,1-5H3. The third kappa shape index (κ3) is 3.58. The normalized spacial score (nSPS) is 12.1. The maximum atomic E-state index is 5.33. The highest BCUT2D eigenvalue weighted by atomic mass is 16.5. The van der Waals surface area contributed by atoms with Gasteiger partial charge in [0.2, 0.25) is 0 Å². The third-order valence-electron chi connectivity index (χ3n) is 4.76. The second-order valence-corrected chi connectivity index (χ2v) is 7.34. The lowest BCUT2D eigenvalue weighted by molar-refractivity contribution is 0.135. The van der Waals surface area contributed by atoms with Crippen LogP contribution in [0, 0.1) is 0 Å². The Kier molecular flexibility index (Phi) is 5.58. The van der Waals surface area contributed by atoms with E-state index < -0.39 is 0 Å². The van der Waals surface area contributed by atoms with Crippen LogP contribution in [0.4, 0.5) is 5.69 Å². The zero-order valence-electron chi connectivity index (χ0n) is 16.4. The van der Waals surface area contributed by atoms with Crippen molar-refractivity contribution in [3.63, 3.8) is 0 Å². The van der Waals surface area contributed by atoms with Gasteiger partial charge in [-0.3, -0.25) is 4.99 Å². The van der Waals surface area contributed by atoms with E-state index in [9.17, 15) is 0 Å². The van der Waals surface area contributed by atoms with Crippen LogP contribution >= 0.6 is 0 Å². The molecule has 3 rings (SSSR count). The fraction of sp³-hybridized carbons (Fsp3) is 0.348. The SMILES string of the molecule is COCn1cc(C=Nc2c(C(C)C)cccc2C(C)C)c2ccccc21.